The van der Waals surface area contributed by atoms with E-state index in [1.165, 1.54) is 218 Å². The van der Waals surface area contributed by atoms with Crippen molar-refractivity contribution in [3.05, 3.63) is 109 Å². The van der Waals surface area contributed by atoms with E-state index in [0.29, 0.717) is 17.4 Å². The molecule has 0 aromatic heterocycles. The summed E-state index contributed by atoms with van der Waals surface area (Å²) in [6.07, 6.45) is 101. The number of aliphatic carboxylic acids is 1. The van der Waals surface area contributed by atoms with Gasteiger partial charge in [0.2, 0.25) is 0 Å². The second-order valence-electron chi connectivity index (χ2n) is 27.3. The number of allylic oxidation sites excluding steroid dienone is 18. The lowest BCUT2D eigenvalue weighted by atomic mass is 10.0. The number of likely N-dealkylation sites (N-methyl/N-ethyl adjacent to an activating group) is 1. The Kier molecular flexibility index (Phi) is 70.5. The van der Waals surface area contributed by atoms with Crippen LogP contribution >= 0.6 is 0 Å². The number of unbranched alkanes of at least 4 members (excludes halogenated alkanes) is 39. The van der Waals surface area contributed by atoms with Gasteiger partial charge in [0.25, 0.3) is 0 Å². The molecule has 93 heavy (non-hydrogen) atoms. The second-order valence-corrected chi connectivity index (χ2v) is 27.3. The molecular formula is C84H147NO8. The summed E-state index contributed by atoms with van der Waals surface area (Å²) in [4.78, 5) is 37.6. The maximum atomic E-state index is 12.9. The van der Waals surface area contributed by atoms with Gasteiger partial charge in [-0.05, 0) is 103 Å². The molecular weight excluding hydrogens is 1150 g/mol. The third-order valence-corrected chi connectivity index (χ3v) is 17.0. The van der Waals surface area contributed by atoms with Gasteiger partial charge in [-0.15, -0.1) is 0 Å². The summed E-state index contributed by atoms with van der Waals surface area (Å²) in [6.45, 7) is 4.63. The van der Waals surface area contributed by atoms with E-state index in [1.807, 2.05) is 21.1 Å². The predicted octanol–water partition coefficient (Wildman–Crippen LogP) is 23.6. The molecule has 0 bridgehead atoms. The number of rotatable bonds is 72. The van der Waals surface area contributed by atoms with Gasteiger partial charge in [0.1, 0.15) is 13.2 Å². The van der Waals surface area contributed by atoms with Gasteiger partial charge in [-0.2, -0.15) is 0 Å². The average molecular weight is 1300 g/mol. The molecule has 0 heterocycles. The Hall–Kier alpha value is -4.05. The molecule has 9 nitrogen and oxygen atoms in total. The van der Waals surface area contributed by atoms with Gasteiger partial charge >= 0.3 is 11.9 Å². The van der Waals surface area contributed by atoms with Crippen molar-refractivity contribution in [2.24, 2.45) is 0 Å². The van der Waals surface area contributed by atoms with E-state index in [4.69, 9.17) is 18.9 Å². The van der Waals surface area contributed by atoms with E-state index in [2.05, 4.69) is 123 Å². The highest BCUT2D eigenvalue weighted by Crippen LogP contribution is 2.18. The van der Waals surface area contributed by atoms with Crippen LogP contribution in [0.3, 0.4) is 0 Å². The summed E-state index contributed by atoms with van der Waals surface area (Å²) in [5.41, 5.74) is 0. The lowest BCUT2D eigenvalue weighted by Crippen LogP contribution is -2.44. The minimum absolute atomic E-state index is 0.138. The number of nitrogens with zero attached hydrogens (tertiary/aromatic N) is 1. The summed E-state index contributed by atoms with van der Waals surface area (Å²) in [7, 11) is 5.92. The molecule has 0 fully saturated rings. The van der Waals surface area contributed by atoms with Gasteiger partial charge in [-0.1, -0.05) is 342 Å². The number of esters is 2. The third-order valence-electron chi connectivity index (χ3n) is 17.0. The highest BCUT2D eigenvalue weighted by Gasteiger charge is 2.22. The zero-order valence-electron chi connectivity index (χ0n) is 61.4. The molecule has 0 aromatic carbocycles. The maximum absolute atomic E-state index is 12.9. The van der Waals surface area contributed by atoms with E-state index < -0.39 is 24.3 Å². The van der Waals surface area contributed by atoms with Crippen LogP contribution < -0.4 is 5.11 Å². The molecule has 0 saturated carbocycles. The Bertz CT molecular complexity index is 1900. The van der Waals surface area contributed by atoms with Crippen LogP contribution in [0.1, 0.15) is 348 Å². The predicted molar refractivity (Wildman–Crippen MR) is 398 cm³/mol. The minimum Gasteiger partial charge on any atom is -0.545 e. The Morgan fingerprint density at radius 1 is 0.333 bits per heavy atom. The summed E-state index contributed by atoms with van der Waals surface area (Å²) in [6, 6.07) is 0. The maximum Gasteiger partial charge on any atom is 0.306 e. The third kappa shape index (κ3) is 75.2. The summed E-state index contributed by atoms with van der Waals surface area (Å²) in [5.74, 6) is -2.31. The van der Waals surface area contributed by atoms with Crippen LogP contribution in [-0.2, 0) is 33.3 Å². The first-order valence-corrected chi connectivity index (χ1v) is 39.0. The lowest BCUT2D eigenvalue weighted by molar-refractivity contribution is -0.870. The monoisotopic (exact) mass is 1300 g/mol. The highest BCUT2D eigenvalue weighted by molar-refractivity contribution is 5.70. The number of carboxylic acids is 1. The second kappa shape index (κ2) is 73.8. The van der Waals surface area contributed by atoms with E-state index in [-0.39, 0.29) is 38.6 Å². The molecule has 0 aliphatic heterocycles. The molecule has 0 amide bonds. The van der Waals surface area contributed by atoms with E-state index in [9.17, 15) is 19.5 Å². The number of carbonyl (C=O) groups is 3. The minimum atomic E-state index is -1.64. The molecule has 0 spiro atoms. The van der Waals surface area contributed by atoms with Crippen LogP contribution in [0.4, 0.5) is 0 Å². The number of hydrogen-bond donors (Lipinski definition) is 0. The normalized spacial score (nSPS) is 13.3. The van der Waals surface area contributed by atoms with Crippen molar-refractivity contribution in [1.82, 2.24) is 0 Å². The standard InChI is InChI=1S/C84H147NO8/c1-6-8-10-12-14-16-18-20-22-24-26-28-30-32-34-36-37-38-39-40-41-42-43-44-45-47-48-50-52-54-56-58-60-62-64-66-68-70-72-74-81(86)91-78-80(79-92-84(83(88)89)90-77-76-85(3,4)5)93-82(87)75-73-71-69-67-65-63-61-59-57-55-53-51-49-46-35-33-31-29-27-25-23-21-19-17-15-13-11-9-7-2/h9,11,15,17,21,23-24,26-27,29,33,35,49,51,55,57,61,63,80,84H,6-8,10,12-14,16,18-20,22,25,28,30-32,34,36-48,50,52-54,56,58-60,62,64-79H2,1-5H3/b11-9-,17-15-,23-21-,26-24-,29-27-,35-33-,51-49-,57-55-,63-61-. The Labute approximate surface area is 575 Å². The van der Waals surface area contributed by atoms with Crippen LogP contribution in [0, 0.1) is 0 Å². The van der Waals surface area contributed by atoms with Crippen molar-refractivity contribution in [1.29, 1.82) is 0 Å². The first-order chi connectivity index (χ1) is 45.6. The summed E-state index contributed by atoms with van der Waals surface area (Å²) in [5, 5.41) is 11.8. The van der Waals surface area contributed by atoms with Crippen molar-refractivity contribution >= 4 is 17.9 Å². The lowest BCUT2D eigenvalue weighted by Gasteiger charge is -2.26. The Morgan fingerprint density at radius 2 is 0.613 bits per heavy atom. The van der Waals surface area contributed by atoms with E-state index in [0.717, 1.165) is 96.3 Å². The highest BCUT2D eigenvalue weighted by atomic mass is 16.7. The Balaban J connectivity index is 4.05. The van der Waals surface area contributed by atoms with Gasteiger partial charge in [0.05, 0.1) is 40.3 Å². The van der Waals surface area contributed by atoms with Crippen LogP contribution in [0.25, 0.3) is 0 Å². The molecule has 9 heteroatoms. The quantitative estimate of drug-likeness (QED) is 0.0195. The first-order valence-electron chi connectivity index (χ1n) is 39.0. The van der Waals surface area contributed by atoms with Gasteiger partial charge < -0.3 is 33.3 Å². The summed E-state index contributed by atoms with van der Waals surface area (Å²) < 4.78 is 22.8. The first kappa shape index (κ1) is 89.0. The fraction of sp³-hybridized carbons (Fsp3) is 0.750. The van der Waals surface area contributed by atoms with Crippen molar-refractivity contribution < 1.29 is 42.9 Å². The number of carboxylic acid groups (broad SMARTS) is 1. The number of ether oxygens (including phenoxy) is 4. The molecule has 0 aliphatic carbocycles. The van der Waals surface area contributed by atoms with Gasteiger partial charge in [-0.3, -0.25) is 9.59 Å². The molecule has 2 atom stereocenters. The molecule has 0 radical (unpaired) electrons. The van der Waals surface area contributed by atoms with Crippen LogP contribution in [0.15, 0.2) is 109 Å². The fourth-order valence-electron chi connectivity index (χ4n) is 11.1. The van der Waals surface area contributed by atoms with Gasteiger partial charge in [-0.25, -0.2) is 0 Å². The molecule has 0 aromatic rings. The van der Waals surface area contributed by atoms with E-state index >= 15 is 0 Å². The zero-order valence-corrected chi connectivity index (χ0v) is 61.4. The van der Waals surface area contributed by atoms with Crippen LogP contribution in [0.5, 0.6) is 0 Å². The van der Waals surface area contributed by atoms with Crippen LogP contribution in [0.2, 0.25) is 0 Å². The Morgan fingerprint density at radius 3 is 0.925 bits per heavy atom. The van der Waals surface area contributed by atoms with Crippen LogP contribution in [-0.4, -0.2) is 82.3 Å². The fourth-order valence-corrected chi connectivity index (χ4v) is 11.1. The topological polar surface area (TPSA) is 111 Å². The van der Waals surface area contributed by atoms with Crippen molar-refractivity contribution in [2.45, 2.75) is 360 Å². The molecule has 0 saturated heterocycles. The number of carbonyl (C=O) groups excluding carboxylic acids is 3. The molecule has 0 aliphatic rings. The summed E-state index contributed by atoms with van der Waals surface area (Å²) >= 11 is 0. The molecule has 536 valence electrons. The van der Waals surface area contributed by atoms with Gasteiger partial charge in [0, 0.05) is 12.8 Å². The SMILES string of the molecule is CC/C=C\C/C=C\C/C=C\C/C=C\C/C=C\C/C=C\C/C=C\C/C=C\CCCCCCC(=O)OC(COC(=O)CCCCCCCCCCCCCCCCCCCCCCCCCCCCC/C=C\CCCCCCCCCC)COC(OCC[N+](C)(C)C)C(=O)[O-]. The largest absolute Gasteiger partial charge is 0.545 e. The number of quaternary nitrogens is 1. The van der Waals surface area contributed by atoms with Gasteiger partial charge in [0.15, 0.2) is 12.4 Å². The smallest absolute Gasteiger partial charge is 0.306 e. The molecule has 2 unspecified atom stereocenters. The van der Waals surface area contributed by atoms with E-state index in [1.54, 1.807) is 0 Å². The van der Waals surface area contributed by atoms with Crippen molar-refractivity contribution in [3.63, 3.8) is 0 Å². The number of hydrogen-bond acceptors (Lipinski definition) is 8. The van der Waals surface area contributed by atoms with Crippen molar-refractivity contribution in [3.8, 4) is 0 Å². The van der Waals surface area contributed by atoms with Crippen molar-refractivity contribution in [2.75, 3.05) is 47.5 Å². The zero-order chi connectivity index (χ0) is 67.5. The molecule has 0 rings (SSSR count). The molecule has 0 N–H and O–H groups in total. The average Bonchev–Trinajstić information content (AvgIpc) is 3.74.